The lowest BCUT2D eigenvalue weighted by atomic mass is 10.2. The minimum Gasteiger partial charge on any atom is -0.414 e. The van der Waals surface area contributed by atoms with Gasteiger partial charge >= 0.3 is 0 Å². The predicted molar refractivity (Wildman–Crippen MR) is 138 cm³/mol. The molecule has 2 aromatic rings. The van der Waals surface area contributed by atoms with Gasteiger partial charge in [-0.3, -0.25) is 4.57 Å². The summed E-state index contributed by atoms with van der Waals surface area (Å²) in [6.45, 7) is 23.0. The smallest absolute Gasteiger partial charge is 0.207 e. The van der Waals surface area contributed by atoms with Crippen molar-refractivity contribution in [3.63, 3.8) is 0 Å². The Labute approximate surface area is 204 Å². The fourth-order valence-corrected chi connectivity index (χ4v) is 6.00. The lowest BCUT2D eigenvalue weighted by molar-refractivity contribution is -0.0382. The number of nitrogens with zero attached hydrogens (tertiary/aromatic N) is 4. The van der Waals surface area contributed by atoms with Crippen molar-refractivity contribution < 1.29 is 13.6 Å². The number of rotatable bonds is 6. The third-order valence-corrected chi connectivity index (χ3v) is 16.9. The zero-order chi connectivity index (χ0) is 25.0. The third kappa shape index (κ3) is 5.30. The zero-order valence-corrected chi connectivity index (χ0v) is 24.4. The van der Waals surface area contributed by atoms with Gasteiger partial charge in [0.2, 0.25) is 5.28 Å². The van der Waals surface area contributed by atoms with Crippen LogP contribution in [0.4, 0.5) is 5.82 Å². The number of ether oxygens (including phenoxy) is 1. The largest absolute Gasteiger partial charge is 0.414 e. The van der Waals surface area contributed by atoms with Gasteiger partial charge in [-0.05, 0) is 47.9 Å². The molecule has 1 aliphatic rings. The van der Waals surface area contributed by atoms with Crippen molar-refractivity contribution in [2.24, 2.45) is 0 Å². The van der Waals surface area contributed by atoms with Gasteiger partial charge in [0.1, 0.15) is 18.7 Å². The van der Waals surface area contributed by atoms with Crippen LogP contribution in [0.25, 0.3) is 11.2 Å². The number of anilines is 1. The SMILES string of the molecule is CC(C)(C)[Si](C)(C)OC[C@H]1O[C@@H](n2c(Cl)nc3c(N)ncnc32)C[C@@H]1O[Si](C)(C)C(C)(C)C. The van der Waals surface area contributed by atoms with E-state index in [4.69, 9.17) is 30.9 Å². The fourth-order valence-electron chi connectivity index (χ4n) is 3.35. The van der Waals surface area contributed by atoms with E-state index in [0.717, 1.165) is 0 Å². The fraction of sp³-hybridized carbons (Fsp3) is 0.773. The number of imidazole rings is 1. The molecule has 1 aliphatic heterocycles. The lowest BCUT2D eigenvalue weighted by Crippen LogP contribution is -2.48. The first-order chi connectivity index (χ1) is 14.9. The summed E-state index contributed by atoms with van der Waals surface area (Å²) < 4.78 is 21.7. The van der Waals surface area contributed by atoms with Crippen molar-refractivity contribution in [3.8, 4) is 0 Å². The molecule has 0 amide bonds. The summed E-state index contributed by atoms with van der Waals surface area (Å²) in [6, 6.07) is 0. The summed E-state index contributed by atoms with van der Waals surface area (Å²) in [5, 5.41) is 0.468. The standard InChI is InChI=1S/C22H40ClN5O3Si2/c1-21(2,3)32(7,8)29-12-15-14(31-33(9,10)22(4,5)6)11-16(30-15)28-19-17(27-20(28)23)18(24)25-13-26-19/h13-16H,11-12H2,1-10H3,(H2,24,25,26)/t14-,15+,16+/m0/s1. The second-order valence-corrected chi connectivity index (χ2v) is 21.9. The van der Waals surface area contributed by atoms with Gasteiger partial charge in [0.05, 0.1) is 12.7 Å². The van der Waals surface area contributed by atoms with E-state index in [0.29, 0.717) is 30.0 Å². The second kappa shape index (κ2) is 8.87. The highest BCUT2D eigenvalue weighted by Gasteiger charge is 2.47. The van der Waals surface area contributed by atoms with Gasteiger partial charge in [-0.1, -0.05) is 41.5 Å². The van der Waals surface area contributed by atoms with E-state index >= 15 is 0 Å². The first kappa shape index (κ1) is 26.6. The van der Waals surface area contributed by atoms with Crippen molar-refractivity contribution in [1.82, 2.24) is 19.5 Å². The summed E-state index contributed by atoms with van der Waals surface area (Å²) in [5.41, 5.74) is 7.04. The number of aromatic nitrogens is 4. The summed E-state index contributed by atoms with van der Waals surface area (Å²) >= 11 is 6.52. The summed E-state index contributed by atoms with van der Waals surface area (Å²) in [7, 11) is -4.00. The molecule has 0 spiro atoms. The molecule has 33 heavy (non-hydrogen) atoms. The van der Waals surface area contributed by atoms with Gasteiger partial charge in [-0.15, -0.1) is 0 Å². The van der Waals surface area contributed by atoms with Crippen molar-refractivity contribution in [2.45, 2.75) is 103 Å². The number of fused-ring (bicyclic) bond motifs is 1. The maximum atomic E-state index is 6.85. The van der Waals surface area contributed by atoms with Gasteiger partial charge < -0.3 is 19.3 Å². The Bertz CT molecular complexity index is 1000. The van der Waals surface area contributed by atoms with Crippen LogP contribution in [-0.2, 0) is 13.6 Å². The summed E-state index contributed by atoms with van der Waals surface area (Å²) in [4.78, 5) is 12.8. The van der Waals surface area contributed by atoms with Crippen molar-refractivity contribution in [1.29, 1.82) is 0 Å². The summed E-state index contributed by atoms with van der Waals surface area (Å²) in [6.07, 6.45) is 1.34. The van der Waals surface area contributed by atoms with Crippen molar-refractivity contribution >= 4 is 45.2 Å². The number of nitrogen functional groups attached to an aromatic ring is 1. The Morgan fingerprint density at radius 3 is 2.27 bits per heavy atom. The number of nitrogens with two attached hydrogens (primary N) is 1. The molecule has 0 unspecified atom stereocenters. The molecular formula is C22H40ClN5O3Si2. The molecule has 8 nitrogen and oxygen atoms in total. The molecule has 0 saturated carbocycles. The highest BCUT2D eigenvalue weighted by molar-refractivity contribution is 6.74. The van der Waals surface area contributed by atoms with Crippen LogP contribution in [-0.4, -0.2) is 55.0 Å². The molecule has 3 rings (SSSR count). The Hall–Kier alpha value is -1.05. The molecule has 186 valence electrons. The molecule has 1 fully saturated rings. The highest BCUT2D eigenvalue weighted by Crippen LogP contribution is 2.43. The van der Waals surface area contributed by atoms with Crippen molar-refractivity contribution in [2.75, 3.05) is 12.3 Å². The van der Waals surface area contributed by atoms with Crippen LogP contribution in [0.1, 0.15) is 54.2 Å². The third-order valence-electron chi connectivity index (χ3n) is 7.60. The average Bonchev–Trinajstić information content (AvgIpc) is 3.18. The molecular weight excluding hydrogens is 474 g/mol. The van der Waals surface area contributed by atoms with Crippen LogP contribution < -0.4 is 5.73 Å². The molecule has 0 aliphatic carbocycles. The van der Waals surface area contributed by atoms with Crippen LogP contribution >= 0.6 is 11.6 Å². The number of hydrogen-bond acceptors (Lipinski definition) is 7. The van der Waals surface area contributed by atoms with Crippen LogP contribution in [0.5, 0.6) is 0 Å². The van der Waals surface area contributed by atoms with Gasteiger partial charge in [-0.2, -0.15) is 0 Å². The Balaban J connectivity index is 1.92. The van der Waals surface area contributed by atoms with E-state index in [1.165, 1.54) is 6.33 Å². The normalized spacial score (nSPS) is 22.9. The molecule has 2 aromatic heterocycles. The monoisotopic (exact) mass is 513 g/mol. The minimum absolute atomic E-state index is 0.0803. The molecule has 0 bridgehead atoms. The molecule has 3 heterocycles. The molecule has 0 aromatic carbocycles. The zero-order valence-electron chi connectivity index (χ0n) is 21.7. The molecule has 2 N–H and O–H groups in total. The van der Waals surface area contributed by atoms with Crippen LogP contribution in [0.15, 0.2) is 6.33 Å². The first-order valence-corrected chi connectivity index (χ1v) is 17.8. The van der Waals surface area contributed by atoms with Crippen LogP contribution in [0.3, 0.4) is 0 Å². The predicted octanol–water partition coefficient (Wildman–Crippen LogP) is 5.76. The Morgan fingerprint density at radius 1 is 1.09 bits per heavy atom. The van der Waals surface area contributed by atoms with E-state index in [1.54, 1.807) is 4.57 Å². The van der Waals surface area contributed by atoms with Crippen LogP contribution in [0, 0.1) is 0 Å². The molecule has 11 heteroatoms. The Morgan fingerprint density at radius 2 is 1.70 bits per heavy atom. The van der Waals surface area contributed by atoms with E-state index in [1.807, 2.05) is 0 Å². The van der Waals surface area contributed by atoms with E-state index in [9.17, 15) is 0 Å². The van der Waals surface area contributed by atoms with Gasteiger partial charge in [0, 0.05) is 6.42 Å². The molecule has 1 saturated heterocycles. The van der Waals surface area contributed by atoms with Gasteiger partial charge in [0.25, 0.3) is 0 Å². The van der Waals surface area contributed by atoms with Gasteiger partial charge in [-0.25, -0.2) is 15.0 Å². The topological polar surface area (TPSA) is 97.3 Å². The molecule has 0 radical (unpaired) electrons. The number of halogens is 1. The quantitative estimate of drug-likeness (QED) is 0.387. The van der Waals surface area contributed by atoms with E-state index in [2.05, 4.69) is 82.7 Å². The highest BCUT2D eigenvalue weighted by atomic mass is 35.5. The number of hydrogen-bond donors (Lipinski definition) is 1. The van der Waals surface area contributed by atoms with E-state index < -0.39 is 16.6 Å². The van der Waals surface area contributed by atoms with Gasteiger partial charge in [0.15, 0.2) is 33.6 Å². The lowest BCUT2D eigenvalue weighted by Gasteiger charge is -2.40. The average molecular weight is 514 g/mol. The maximum absolute atomic E-state index is 6.85. The summed E-state index contributed by atoms with van der Waals surface area (Å²) in [5.74, 6) is 0.297. The Kier molecular flexibility index (Phi) is 7.14. The second-order valence-electron chi connectivity index (χ2n) is 12.0. The maximum Gasteiger partial charge on any atom is 0.207 e. The first-order valence-electron chi connectivity index (χ1n) is 11.6. The van der Waals surface area contributed by atoms with Crippen molar-refractivity contribution in [3.05, 3.63) is 11.6 Å². The van der Waals surface area contributed by atoms with Crippen LogP contribution in [0.2, 0.25) is 41.5 Å². The van der Waals surface area contributed by atoms with E-state index in [-0.39, 0.29) is 33.8 Å². The molecule has 3 atom stereocenters. The minimum atomic E-state index is -2.04.